The van der Waals surface area contributed by atoms with Crippen molar-refractivity contribution >= 4 is 11.5 Å². The molecule has 0 radical (unpaired) electrons. The second-order valence-corrected chi connectivity index (χ2v) is 7.52. The Labute approximate surface area is 174 Å². The highest BCUT2D eigenvalue weighted by Gasteiger charge is 2.50. The van der Waals surface area contributed by atoms with Gasteiger partial charge in [0.15, 0.2) is 23.0 Å². The minimum absolute atomic E-state index is 0.116. The van der Waals surface area contributed by atoms with Crippen LogP contribution in [0.5, 0.6) is 28.7 Å². The molecule has 5 rings (SSSR count). The van der Waals surface area contributed by atoms with Gasteiger partial charge >= 0.3 is 5.97 Å². The van der Waals surface area contributed by atoms with E-state index >= 15 is 0 Å². The Morgan fingerprint density at radius 3 is 2.23 bits per heavy atom. The maximum Gasteiger partial charge on any atom is 0.310 e. The molecule has 1 saturated heterocycles. The van der Waals surface area contributed by atoms with E-state index in [9.17, 15) is 4.79 Å². The second kappa shape index (κ2) is 6.86. The van der Waals surface area contributed by atoms with Gasteiger partial charge in [0.05, 0.1) is 33.9 Å². The van der Waals surface area contributed by atoms with Crippen molar-refractivity contribution in [2.45, 2.75) is 5.92 Å². The topological polar surface area (TPSA) is 72.5 Å². The number of fused-ring (bicyclic) bond motifs is 3. The van der Waals surface area contributed by atoms with Crippen LogP contribution in [0.3, 0.4) is 0 Å². The van der Waals surface area contributed by atoms with Crippen LogP contribution in [0.25, 0.3) is 5.57 Å². The third kappa shape index (κ3) is 2.54. The minimum atomic E-state index is -0.395. The molecule has 2 aromatic carbocycles. The van der Waals surface area contributed by atoms with Crippen molar-refractivity contribution in [3.63, 3.8) is 0 Å². The van der Waals surface area contributed by atoms with Gasteiger partial charge in [-0.1, -0.05) is 6.58 Å². The lowest BCUT2D eigenvalue weighted by atomic mass is 9.65. The van der Waals surface area contributed by atoms with Crippen molar-refractivity contribution in [3.8, 4) is 28.7 Å². The Balaban J connectivity index is 1.75. The van der Waals surface area contributed by atoms with Crippen LogP contribution >= 0.6 is 0 Å². The molecule has 30 heavy (non-hydrogen) atoms. The molecule has 0 bridgehead atoms. The second-order valence-electron chi connectivity index (χ2n) is 7.52. The summed E-state index contributed by atoms with van der Waals surface area (Å²) in [5.74, 6) is 1.87. The highest BCUT2D eigenvalue weighted by molar-refractivity contribution is 5.87. The number of cyclic esters (lactones) is 1. The van der Waals surface area contributed by atoms with Crippen LogP contribution in [-0.2, 0) is 9.53 Å². The molecule has 1 aliphatic carbocycles. The first kappa shape index (κ1) is 18.7. The van der Waals surface area contributed by atoms with Crippen molar-refractivity contribution in [2.75, 3.05) is 34.7 Å². The molecule has 156 valence electrons. The zero-order chi connectivity index (χ0) is 21.0. The lowest BCUT2D eigenvalue weighted by molar-refractivity contribution is -0.141. The third-order valence-electron chi connectivity index (χ3n) is 6.19. The van der Waals surface area contributed by atoms with Crippen LogP contribution in [-0.4, -0.2) is 40.7 Å². The van der Waals surface area contributed by atoms with Gasteiger partial charge in [-0.3, -0.25) is 4.79 Å². The standard InChI is InChI=1S/C23H22O7/c1-11-13-7-16-17(30-10-29-16)8-14(13)20(21-15(11)9-28-23(21)24)12-5-18(25-2)22(27-4)19(6-12)26-3/h5-8,15,20-21H,1,9-10H2,2-4H3/t15-,20?,21-/m1/s1. The largest absolute Gasteiger partial charge is 0.493 e. The monoisotopic (exact) mass is 410 g/mol. The lowest BCUT2D eigenvalue weighted by Gasteiger charge is -2.35. The molecule has 0 aromatic heterocycles. The summed E-state index contributed by atoms with van der Waals surface area (Å²) >= 11 is 0. The van der Waals surface area contributed by atoms with Crippen LogP contribution in [0.1, 0.15) is 22.6 Å². The van der Waals surface area contributed by atoms with Crippen LogP contribution in [0.2, 0.25) is 0 Å². The summed E-state index contributed by atoms with van der Waals surface area (Å²) in [5.41, 5.74) is 3.64. The number of esters is 1. The Morgan fingerprint density at radius 1 is 0.933 bits per heavy atom. The summed E-state index contributed by atoms with van der Waals surface area (Å²) in [4.78, 5) is 12.8. The number of benzene rings is 2. The maximum atomic E-state index is 12.8. The van der Waals surface area contributed by atoms with E-state index in [0.29, 0.717) is 35.4 Å². The van der Waals surface area contributed by atoms with Crippen LogP contribution < -0.4 is 23.7 Å². The molecule has 2 heterocycles. The highest BCUT2D eigenvalue weighted by atomic mass is 16.7. The number of carbonyl (C=O) groups is 1. The Morgan fingerprint density at radius 2 is 1.60 bits per heavy atom. The molecule has 2 aliphatic heterocycles. The van der Waals surface area contributed by atoms with Crippen molar-refractivity contribution in [2.24, 2.45) is 11.8 Å². The van der Waals surface area contributed by atoms with Crippen molar-refractivity contribution in [1.29, 1.82) is 0 Å². The predicted octanol–water partition coefficient (Wildman–Crippen LogP) is 3.39. The van der Waals surface area contributed by atoms with Crippen molar-refractivity contribution in [3.05, 3.63) is 47.5 Å². The van der Waals surface area contributed by atoms with E-state index in [4.69, 9.17) is 28.4 Å². The Hall–Kier alpha value is -3.35. The highest BCUT2D eigenvalue weighted by Crippen LogP contribution is 2.55. The Kier molecular flexibility index (Phi) is 4.27. The number of hydrogen-bond donors (Lipinski definition) is 0. The van der Waals surface area contributed by atoms with E-state index in [2.05, 4.69) is 6.58 Å². The summed E-state index contributed by atoms with van der Waals surface area (Å²) in [6.07, 6.45) is 0. The molecule has 7 heteroatoms. The van der Waals surface area contributed by atoms with Gasteiger partial charge in [0.25, 0.3) is 0 Å². The number of ether oxygens (including phenoxy) is 6. The summed E-state index contributed by atoms with van der Waals surface area (Å²) in [5, 5.41) is 0. The van der Waals surface area contributed by atoms with Gasteiger partial charge < -0.3 is 28.4 Å². The first-order valence-electron chi connectivity index (χ1n) is 9.66. The van der Waals surface area contributed by atoms with Gasteiger partial charge in [-0.25, -0.2) is 0 Å². The fourth-order valence-electron chi connectivity index (χ4n) is 4.78. The quantitative estimate of drug-likeness (QED) is 0.716. The minimum Gasteiger partial charge on any atom is -0.493 e. The first-order valence-corrected chi connectivity index (χ1v) is 9.66. The Bertz CT molecular complexity index is 1030. The van der Waals surface area contributed by atoms with E-state index in [1.165, 1.54) is 0 Å². The molecule has 0 spiro atoms. The van der Waals surface area contributed by atoms with Gasteiger partial charge in [0, 0.05) is 11.8 Å². The molecule has 2 aromatic rings. The van der Waals surface area contributed by atoms with Gasteiger partial charge in [0.2, 0.25) is 12.5 Å². The fraction of sp³-hybridized carbons (Fsp3) is 0.348. The predicted molar refractivity (Wildman–Crippen MR) is 107 cm³/mol. The molecule has 3 aliphatic rings. The number of methoxy groups -OCH3 is 3. The lowest BCUT2D eigenvalue weighted by Crippen LogP contribution is -2.30. The zero-order valence-corrected chi connectivity index (χ0v) is 17.0. The normalized spacial score (nSPS) is 23.5. The molecular formula is C23H22O7. The summed E-state index contributed by atoms with van der Waals surface area (Å²) in [6, 6.07) is 7.66. The van der Waals surface area contributed by atoms with Gasteiger partial charge in [-0.05, 0) is 46.5 Å². The van der Waals surface area contributed by atoms with E-state index in [-0.39, 0.29) is 24.6 Å². The average Bonchev–Trinajstić information content (AvgIpc) is 3.38. The van der Waals surface area contributed by atoms with Crippen molar-refractivity contribution < 1.29 is 33.2 Å². The van der Waals surface area contributed by atoms with Crippen molar-refractivity contribution in [1.82, 2.24) is 0 Å². The molecule has 0 saturated carbocycles. The van der Waals surface area contributed by atoms with Gasteiger partial charge in [-0.2, -0.15) is 0 Å². The van der Waals surface area contributed by atoms with E-state index in [1.807, 2.05) is 24.3 Å². The molecule has 3 atom stereocenters. The SMILES string of the molecule is C=C1c2cc3c(cc2C(c2cc(OC)c(OC)c(OC)c2)[C@@H]2C(=O)OC[C@H]12)OCO3. The van der Waals surface area contributed by atoms with Crippen LogP contribution in [0, 0.1) is 11.8 Å². The van der Waals surface area contributed by atoms with Gasteiger partial charge in [0.1, 0.15) is 0 Å². The average molecular weight is 410 g/mol. The van der Waals surface area contributed by atoms with E-state index in [0.717, 1.165) is 22.3 Å². The number of rotatable bonds is 4. The molecule has 1 fully saturated rings. The number of hydrogen-bond acceptors (Lipinski definition) is 7. The van der Waals surface area contributed by atoms with E-state index in [1.54, 1.807) is 21.3 Å². The molecular weight excluding hydrogens is 388 g/mol. The van der Waals surface area contributed by atoms with Gasteiger partial charge in [-0.15, -0.1) is 0 Å². The fourth-order valence-corrected chi connectivity index (χ4v) is 4.78. The third-order valence-corrected chi connectivity index (χ3v) is 6.19. The molecule has 7 nitrogen and oxygen atoms in total. The van der Waals surface area contributed by atoms with Crippen LogP contribution in [0.15, 0.2) is 30.8 Å². The smallest absolute Gasteiger partial charge is 0.310 e. The van der Waals surface area contributed by atoms with E-state index < -0.39 is 5.92 Å². The number of carbonyl (C=O) groups excluding carboxylic acids is 1. The summed E-state index contributed by atoms with van der Waals surface area (Å²) in [6.45, 7) is 4.77. The van der Waals surface area contributed by atoms with Crippen LogP contribution in [0.4, 0.5) is 0 Å². The first-order chi connectivity index (χ1) is 14.6. The molecule has 0 N–H and O–H groups in total. The summed E-state index contributed by atoms with van der Waals surface area (Å²) < 4.78 is 33.2. The zero-order valence-electron chi connectivity index (χ0n) is 17.0. The maximum absolute atomic E-state index is 12.8. The summed E-state index contributed by atoms with van der Waals surface area (Å²) in [7, 11) is 4.70. The molecule has 1 unspecified atom stereocenters. The molecule has 0 amide bonds.